The molecule has 1 fully saturated rings. The maximum Gasteiger partial charge on any atom is 0.267 e. The summed E-state index contributed by atoms with van der Waals surface area (Å²) in [5, 5.41) is 12.9. The number of hydrogen-bond acceptors (Lipinski definition) is 2. The van der Waals surface area contributed by atoms with Crippen LogP contribution < -0.4 is 5.32 Å². The number of rotatable bonds is 4. The van der Waals surface area contributed by atoms with Gasteiger partial charge in [-0.2, -0.15) is 0 Å². The van der Waals surface area contributed by atoms with Gasteiger partial charge in [-0.05, 0) is 18.9 Å². The number of hydrogen-bond donors (Lipinski definition) is 2. The summed E-state index contributed by atoms with van der Waals surface area (Å²) < 4.78 is 1.71. The van der Waals surface area contributed by atoms with Gasteiger partial charge in [0.2, 0.25) is 0 Å². The molecule has 0 bridgehead atoms. The van der Waals surface area contributed by atoms with Crippen LogP contribution in [0, 0.1) is 5.41 Å². The molecule has 4 nitrogen and oxygen atoms in total. The van der Waals surface area contributed by atoms with E-state index in [1.807, 2.05) is 0 Å². The number of aliphatic hydroxyl groups excluding tert-OH is 1. The fourth-order valence-electron chi connectivity index (χ4n) is 2.62. The third-order valence-electron chi connectivity index (χ3n) is 3.83. The van der Waals surface area contributed by atoms with Crippen LogP contribution in [0.25, 0.3) is 0 Å². The van der Waals surface area contributed by atoms with Crippen LogP contribution in [0.5, 0.6) is 0 Å². The summed E-state index contributed by atoms with van der Waals surface area (Å²) in [6, 6.07) is 1.65. The van der Waals surface area contributed by atoms with Crippen LogP contribution in [0.2, 0.25) is 5.02 Å². The molecule has 0 atom stereocenters. The Morgan fingerprint density at radius 1 is 1.56 bits per heavy atom. The molecule has 0 saturated heterocycles. The van der Waals surface area contributed by atoms with Gasteiger partial charge in [0.05, 0.1) is 11.6 Å². The van der Waals surface area contributed by atoms with Crippen molar-refractivity contribution in [1.29, 1.82) is 0 Å². The molecule has 100 valence electrons. The topological polar surface area (TPSA) is 54.3 Å². The van der Waals surface area contributed by atoms with Gasteiger partial charge >= 0.3 is 0 Å². The normalized spacial score (nSPS) is 17.9. The maximum absolute atomic E-state index is 12.0. The number of aliphatic hydroxyl groups is 1. The van der Waals surface area contributed by atoms with E-state index in [1.54, 1.807) is 23.9 Å². The molecule has 0 radical (unpaired) electrons. The summed E-state index contributed by atoms with van der Waals surface area (Å²) in [7, 11) is 1.79. The molecule has 2 N–H and O–H groups in total. The SMILES string of the molecule is Cn1cc(Cl)cc1C(=O)NCC1(CO)CCCC1. The largest absolute Gasteiger partial charge is 0.396 e. The molecule has 1 heterocycles. The van der Waals surface area contributed by atoms with E-state index >= 15 is 0 Å². The number of halogens is 1. The molecule has 2 rings (SSSR count). The molecule has 0 unspecified atom stereocenters. The van der Waals surface area contributed by atoms with Crippen molar-refractivity contribution in [2.45, 2.75) is 25.7 Å². The third-order valence-corrected chi connectivity index (χ3v) is 4.03. The summed E-state index contributed by atoms with van der Waals surface area (Å²) in [5.41, 5.74) is 0.427. The molecular weight excluding hydrogens is 252 g/mol. The second-order valence-corrected chi connectivity index (χ2v) is 5.64. The number of nitrogens with zero attached hydrogens (tertiary/aromatic N) is 1. The van der Waals surface area contributed by atoms with Crippen molar-refractivity contribution in [1.82, 2.24) is 9.88 Å². The van der Waals surface area contributed by atoms with E-state index in [0.717, 1.165) is 25.7 Å². The zero-order valence-corrected chi connectivity index (χ0v) is 11.3. The van der Waals surface area contributed by atoms with Crippen molar-refractivity contribution < 1.29 is 9.90 Å². The molecule has 1 aromatic rings. The van der Waals surface area contributed by atoms with Gasteiger partial charge in [0.25, 0.3) is 5.91 Å². The van der Waals surface area contributed by atoms with Gasteiger partial charge in [-0.3, -0.25) is 4.79 Å². The average molecular weight is 271 g/mol. The first-order chi connectivity index (χ1) is 8.56. The first-order valence-electron chi connectivity index (χ1n) is 6.27. The minimum absolute atomic E-state index is 0.120. The highest BCUT2D eigenvalue weighted by atomic mass is 35.5. The Bertz CT molecular complexity index is 436. The minimum Gasteiger partial charge on any atom is -0.396 e. The third kappa shape index (κ3) is 2.70. The van der Waals surface area contributed by atoms with Gasteiger partial charge in [0.1, 0.15) is 5.69 Å². The average Bonchev–Trinajstić information content (AvgIpc) is 2.94. The fraction of sp³-hybridized carbons (Fsp3) is 0.615. The van der Waals surface area contributed by atoms with Crippen molar-refractivity contribution >= 4 is 17.5 Å². The van der Waals surface area contributed by atoms with Gasteiger partial charge in [-0.15, -0.1) is 0 Å². The molecule has 1 saturated carbocycles. The smallest absolute Gasteiger partial charge is 0.267 e. The molecule has 18 heavy (non-hydrogen) atoms. The van der Waals surface area contributed by atoms with Gasteiger partial charge in [0, 0.05) is 25.2 Å². The Morgan fingerprint density at radius 2 is 2.22 bits per heavy atom. The Hall–Kier alpha value is -1.00. The summed E-state index contributed by atoms with van der Waals surface area (Å²) >= 11 is 5.85. The predicted molar refractivity (Wildman–Crippen MR) is 70.7 cm³/mol. The number of aryl methyl sites for hydroxylation is 1. The zero-order valence-electron chi connectivity index (χ0n) is 10.6. The number of aromatic nitrogens is 1. The van der Waals surface area contributed by atoms with E-state index in [4.69, 9.17) is 11.6 Å². The maximum atomic E-state index is 12.0. The van der Waals surface area contributed by atoms with Gasteiger partial charge < -0.3 is 15.0 Å². The Labute approximate surface area is 112 Å². The first kappa shape index (κ1) is 13.4. The Balaban J connectivity index is 1.98. The van der Waals surface area contributed by atoms with Crippen molar-refractivity contribution in [3.05, 3.63) is 23.0 Å². The lowest BCUT2D eigenvalue weighted by Crippen LogP contribution is -2.38. The highest BCUT2D eigenvalue weighted by Gasteiger charge is 2.33. The predicted octanol–water partition coefficient (Wildman–Crippen LogP) is 1.96. The van der Waals surface area contributed by atoms with Crippen molar-refractivity contribution in [2.24, 2.45) is 12.5 Å². The van der Waals surface area contributed by atoms with Crippen molar-refractivity contribution in [3.8, 4) is 0 Å². The van der Waals surface area contributed by atoms with E-state index in [-0.39, 0.29) is 17.9 Å². The molecule has 1 amide bonds. The van der Waals surface area contributed by atoms with Crippen molar-refractivity contribution in [2.75, 3.05) is 13.2 Å². The zero-order chi connectivity index (χ0) is 13.2. The Morgan fingerprint density at radius 3 is 2.72 bits per heavy atom. The van der Waals surface area contributed by atoms with E-state index in [0.29, 0.717) is 17.3 Å². The summed E-state index contributed by atoms with van der Waals surface area (Å²) in [5.74, 6) is -0.135. The molecule has 1 aromatic heterocycles. The van der Waals surface area contributed by atoms with Crippen molar-refractivity contribution in [3.63, 3.8) is 0 Å². The molecule has 0 spiro atoms. The molecule has 0 aliphatic heterocycles. The van der Waals surface area contributed by atoms with Crippen LogP contribution in [0.15, 0.2) is 12.3 Å². The minimum atomic E-state index is -0.135. The summed E-state index contributed by atoms with van der Waals surface area (Å²) in [4.78, 5) is 12.0. The lowest BCUT2D eigenvalue weighted by atomic mass is 9.87. The van der Waals surface area contributed by atoms with E-state index in [2.05, 4.69) is 5.32 Å². The molecular formula is C13H19ClN2O2. The van der Waals surface area contributed by atoms with Gasteiger partial charge in [-0.25, -0.2) is 0 Å². The van der Waals surface area contributed by atoms with E-state index in [1.165, 1.54) is 0 Å². The first-order valence-corrected chi connectivity index (χ1v) is 6.65. The van der Waals surface area contributed by atoms with Crippen LogP contribution in [0.1, 0.15) is 36.2 Å². The second kappa shape index (κ2) is 5.33. The lowest BCUT2D eigenvalue weighted by molar-refractivity contribution is 0.0873. The van der Waals surface area contributed by atoms with Gasteiger partial charge in [0.15, 0.2) is 0 Å². The fourth-order valence-corrected chi connectivity index (χ4v) is 2.87. The number of nitrogens with one attached hydrogen (secondary N) is 1. The molecule has 1 aliphatic rings. The lowest BCUT2D eigenvalue weighted by Gasteiger charge is -2.26. The quantitative estimate of drug-likeness (QED) is 0.879. The van der Waals surface area contributed by atoms with Gasteiger partial charge in [-0.1, -0.05) is 24.4 Å². The van der Waals surface area contributed by atoms with E-state index in [9.17, 15) is 9.90 Å². The van der Waals surface area contributed by atoms with Crippen LogP contribution in [0.3, 0.4) is 0 Å². The monoisotopic (exact) mass is 270 g/mol. The van der Waals surface area contributed by atoms with Crippen LogP contribution in [-0.2, 0) is 7.05 Å². The number of carbonyl (C=O) groups excluding carboxylic acids is 1. The molecule has 5 heteroatoms. The standard InChI is InChI=1S/C13H19ClN2O2/c1-16-7-10(14)6-11(16)12(18)15-8-13(9-17)4-2-3-5-13/h6-7,17H,2-5,8-9H2,1H3,(H,15,18). The molecule has 0 aromatic carbocycles. The van der Waals surface area contributed by atoms with E-state index < -0.39 is 0 Å². The molecule has 1 aliphatic carbocycles. The van der Waals surface area contributed by atoms with Crippen LogP contribution >= 0.6 is 11.6 Å². The summed E-state index contributed by atoms with van der Waals surface area (Å²) in [6.07, 6.45) is 5.93. The second-order valence-electron chi connectivity index (χ2n) is 5.20. The number of carbonyl (C=O) groups is 1. The van der Waals surface area contributed by atoms with Crippen LogP contribution in [0.4, 0.5) is 0 Å². The highest BCUT2D eigenvalue weighted by Crippen LogP contribution is 2.36. The summed E-state index contributed by atoms with van der Waals surface area (Å²) in [6.45, 7) is 0.673. The van der Waals surface area contributed by atoms with Crippen LogP contribution in [-0.4, -0.2) is 28.7 Å². The highest BCUT2D eigenvalue weighted by molar-refractivity contribution is 6.31. The Kier molecular flexibility index (Phi) is 3.97. The number of amides is 1.